The van der Waals surface area contributed by atoms with E-state index in [0.29, 0.717) is 22.6 Å². The van der Waals surface area contributed by atoms with Crippen LogP contribution >= 0.6 is 11.6 Å². The number of ether oxygens (including phenoxy) is 2. The maximum atomic E-state index is 13.5. The van der Waals surface area contributed by atoms with Crippen molar-refractivity contribution in [3.8, 4) is 11.5 Å². The van der Waals surface area contributed by atoms with Crippen LogP contribution in [0, 0.1) is 0 Å². The summed E-state index contributed by atoms with van der Waals surface area (Å²) < 4.78 is 10.7. The lowest BCUT2D eigenvalue weighted by molar-refractivity contribution is 0.0642. The molecule has 0 atom stereocenters. The summed E-state index contributed by atoms with van der Waals surface area (Å²) in [5.74, 6) is 0.622. The average Bonchev–Trinajstić information content (AvgIpc) is 3.14. The Bertz CT molecular complexity index is 1300. The highest BCUT2D eigenvalue weighted by molar-refractivity contribution is 6.30. The second-order valence-electron chi connectivity index (χ2n) is 8.98. The minimum atomic E-state index is -0.272. The van der Waals surface area contributed by atoms with Gasteiger partial charge >= 0.3 is 0 Å². The molecule has 2 heterocycles. The van der Waals surface area contributed by atoms with E-state index in [2.05, 4.69) is 15.9 Å². The van der Waals surface area contributed by atoms with Crippen LogP contribution in [0.3, 0.4) is 0 Å². The smallest absolute Gasteiger partial charge is 0.263 e. The number of halogens is 1. The molecule has 3 aromatic rings. The fourth-order valence-electron chi connectivity index (χ4n) is 4.92. The van der Waals surface area contributed by atoms with Crippen LogP contribution in [0.5, 0.6) is 11.5 Å². The Morgan fingerprint density at radius 1 is 0.778 bits per heavy atom. The maximum absolute atomic E-state index is 13.5. The molecule has 0 aromatic heterocycles. The van der Waals surface area contributed by atoms with Crippen molar-refractivity contribution in [3.05, 3.63) is 87.9 Å². The topological polar surface area (TPSA) is 62.3 Å². The lowest BCUT2D eigenvalue weighted by Crippen LogP contribution is -2.46. The molecule has 0 spiro atoms. The van der Waals surface area contributed by atoms with Crippen LogP contribution in [-0.2, 0) is 13.1 Å². The van der Waals surface area contributed by atoms with Crippen LogP contribution in [-0.4, -0.2) is 62.0 Å². The first-order chi connectivity index (χ1) is 17.5. The van der Waals surface area contributed by atoms with Gasteiger partial charge < -0.3 is 14.4 Å². The Balaban J connectivity index is 1.31. The number of hydrogen-bond donors (Lipinski definition) is 0. The van der Waals surface area contributed by atoms with Crippen LogP contribution in [0.25, 0.3) is 0 Å². The number of rotatable bonds is 7. The fraction of sp³-hybridized carbons (Fsp3) is 0.286. The quantitative estimate of drug-likeness (QED) is 0.441. The highest BCUT2D eigenvalue weighted by Crippen LogP contribution is 2.34. The highest BCUT2D eigenvalue weighted by Gasteiger charge is 2.38. The van der Waals surface area contributed by atoms with Crippen molar-refractivity contribution in [1.82, 2.24) is 9.80 Å². The molecule has 0 N–H and O–H groups in total. The van der Waals surface area contributed by atoms with Crippen LogP contribution in [0.1, 0.15) is 31.8 Å². The molecule has 0 aliphatic carbocycles. The molecular weight excluding hydrogens is 478 g/mol. The Morgan fingerprint density at radius 2 is 1.50 bits per heavy atom. The normalized spacial score (nSPS) is 15.9. The van der Waals surface area contributed by atoms with Crippen molar-refractivity contribution in [2.45, 2.75) is 13.1 Å². The molecule has 7 nitrogen and oxygen atoms in total. The van der Waals surface area contributed by atoms with Crippen molar-refractivity contribution >= 4 is 29.1 Å². The molecule has 1 saturated heterocycles. The Hall–Kier alpha value is -3.55. The van der Waals surface area contributed by atoms with E-state index in [1.165, 1.54) is 10.5 Å². The van der Waals surface area contributed by atoms with Gasteiger partial charge in [0.2, 0.25) is 0 Å². The molecule has 0 bridgehead atoms. The van der Waals surface area contributed by atoms with Gasteiger partial charge in [0.1, 0.15) is 0 Å². The third-order valence-corrected chi connectivity index (χ3v) is 7.01. The number of methoxy groups -OCH3 is 2. The number of piperazine rings is 1. The largest absolute Gasteiger partial charge is 0.493 e. The van der Waals surface area contributed by atoms with Crippen LogP contribution < -0.4 is 14.4 Å². The second-order valence-corrected chi connectivity index (χ2v) is 9.42. The van der Waals surface area contributed by atoms with E-state index in [1.54, 1.807) is 32.4 Å². The Morgan fingerprint density at radius 3 is 2.22 bits per heavy atom. The van der Waals surface area contributed by atoms with Crippen molar-refractivity contribution < 1.29 is 19.1 Å². The first-order valence-corrected chi connectivity index (χ1v) is 12.3. The first kappa shape index (κ1) is 24.2. The number of carbonyl (C=O) groups excluding carboxylic acids is 2. The number of fused-ring (bicyclic) bond motifs is 1. The van der Waals surface area contributed by atoms with E-state index >= 15 is 0 Å². The molecule has 8 heteroatoms. The van der Waals surface area contributed by atoms with E-state index in [4.69, 9.17) is 21.1 Å². The monoisotopic (exact) mass is 505 g/mol. The summed E-state index contributed by atoms with van der Waals surface area (Å²) in [6, 6.07) is 18.9. The highest BCUT2D eigenvalue weighted by atomic mass is 35.5. The Kier molecular flexibility index (Phi) is 6.85. The van der Waals surface area contributed by atoms with Crippen LogP contribution in [0.2, 0.25) is 5.02 Å². The molecule has 0 unspecified atom stereocenters. The maximum Gasteiger partial charge on any atom is 0.263 e. The molecule has 0 saturated carbocycles. The van der Waals surface area contributed by atoms with Gasteiger partial charge in [0.15, 0.2) is 11.5 Å². The molecule has 1 fully saturated rings. The zero-order valence-corrected chi connectivity index (χ0v) is 21.1. The Labute approximate surface area is 215 Å². The molecule has 5 rings (SSSR count). The molecule has 2 aliphatic heterocycles. The predicted molar refractivity (Wildman–Crippen MR) is 139 cm³/mol. The van der Waals surface area contributed by atoms with Gasteiger partial charge in [-0.05, 0) is 47.5 Å². The second kappa shape index (κ2) is 10.2. The summed E-state index contributed by atoms with van der Waals surface area (Å²) in [5.41, 5.74) is 3.75. The molecule has 186 valence electrons. The number of hydrogen-bond acceptors (Lipinski definition) is 6. The fourth-order valence-corrected chi connectivity index (χ4v) is 5.14. The van der Waals surface area contributed by atoms with E-state index < -0.39 is 0 Å². The minimum absolute atomic E-state index is 0.166. The van der Waals surface area contributed by atoms with Crippen LogP contribution in [0.15, 0.2) is 60.7 Å². The molecule has 36 heavy (non-hydrogen) atoms. The minimum Gasteiger partial charge on any atom is -0.493 e. The summed E-state index contributed by atoms with van der Waals surface area (Å²) in [4.78, 5) is 32.6. The summed E-state index contributed by atoms with van der Waals surface area (Å²) in [6.07, 6.45) is 0. The van der Waals surface area contributed by atoms with Crippen molar-refractivity contribution in [2.24, 2.45) is 0 Å². The summed E-state index contributed by atoms with van der Waals surface area (Å²) in [6.45, 7) is 4.25. The molecule has 2 aliphatic rings. The SMILES string of the molecule is COc1ccc(CN2C(=O)c3cccc(N4CCN(Cc5cccc(Cl)c5)CC4)c3C2=O)cc1OC. The number of carbonyl (C=O) groups is 2. The third kappa shape index (κ3) is 4.64. The van der Waals surface area contributed by atoms with Gasteiger partial charge in [0, 0.05) is 37.7 Å². The molecule has 3 aromatic carbocycles. The van der Waals surface area contributed by atoms with E-state index in [0.717, 1.165) is 49.0 Å². The van der Waals surface area contributed by atoms with Gasteiger partial charge in [0.25, 0.3) is 11.8 Å². The lowest BCUT2D eigenvalue weighted by atomic mass is 10.1. The summed E-state index contributed by atoms with van der Waals surface area (Å²) in [7, 11) is 3.13. The lowest BCUT2D eigenvalue weighted by Gasteiger charge is -2.36. The number of anilines is 1. The summed E-state index contributed by atoms with van der Waals surface area (Å²) in [5, 5.41) is 0.742. The molecule has 0 radical (unpaired) electrons. The van der Waals surface area contributed by atoms with Crippen molar-refractivity contribution in [3.63, 3.8) is 0 Å². The zero-order valence-electron chi connectivity index (χ0n) is 20.4. The third-order valence-electron chi connectivity index (χ3n) is 6.77. The molecular formula is C28H28ClN3O4. The van der Waals surface area contributed by atoms with Gasteiger partial charge in [0.05, 0.1) is 37.6 Å². The standard InChI is InChI=1S/C28H28ClN3O4/c1-35-24-10-9-20(16-25(24)36-2)18-32-27(33)22-7-4-8-23(26(22)28(32)34)31-13-11-30(12-14-31)17-19-5-3-6-21(29)15-19/h3-10,15-16H,11-14,17-18H2,1-2H3. The number of nitrogens with zero attached hydrogens (tertiary/aromatic N) is 3. The van der Waals surface area contributed by atoms with E-state index in [1.807, 2.05) is 36.4 Å². The number of imide groups is 1. The number of amides is 2. The number of benzene rings is 3. The van der Waals surface area contributed by atoms with Crippen molar-refractivity contribution in [1.29, 1.82) is 0 Å². The van der Waals surface area contributed by atoms with E-state index in [-0.39, 0.29) is 18.4 Å². The van der Waals surface area contributed by atoms with Gasteiger partial charge in [-0.1, -0.05) is 35.9 Å². The van der Waals surface area contributed by atoms with Gasteiger partial charge in [-0.3, -0.25) is 19.4 Å². The van der Waals surface area contributed by atoms with Gasteiger partial charge in [-0.25, -0.2) is 0 Å². The van der Waals surface area contributed by atoms with Crippen molar-refractivity contribution in [2.75, 3.05) is 45.3 Å². The van der Waals surface area contributed by atoms with Crippen LogP contribution in [0.4, 0.5) is 5.69 Å². The average molecular weight is 506 g/mol. The first-order valence-electron chi connectivity index (χ1n) is 11.9. The molecule has 2 amide bonds. The zero-order chi connectivity index (χ0) is 25.2. The predicted octanol–water partition coefficient (Wildman–Crippen LogP) is 4.48. The summed E-state index contributed by atoms with van der Waals surface area (Å²) >= 11 is 6.13. The van der Waals surface area contributed by atoms with Gasteiger partial charge in [-0.15, -0.1) is 0 Å². The van der Waals surface area contributed by atoms with Gasteiger partial charge in [-0.2, -0.15) is 0 Å². The van der Waals surface area contributed by atoms with E-state index in [9.17, 15) is 9.59 Å².